The van der Waals surface area contributed by atoms with E-state index in [-0.39, 0.29) is 56.1 Å². The number of phenolic OH excluding ortho intramolecular Hbond substituents is 4. The van der Waals surface area contributed by atoms with E-state index in [1.54, 1.807) is 36.4 Å². The van der Waals surface area contributed by atoms with Gasteiger partial charge in [0.15, 0.2) is 0 Å². The normalized spacial score (nSPS) is 11.0. The Kier molecular flexibility index (Phi) is 10.3. The average molecular weight is 645 g/mol. The molecule has 0 heterocycles. The quantitative estimate of drug-likeness (QED) is 0.112. The summed E-state index contributed by atoms with van der Waals surface area (Å²) in [6.45, 7) is 0. The van der Waals surface area contributed by atoms with Crippen LogP contribution in [0.4, 0.5) is 22.7 Å². The van der Waals surface area contributed by atoms with Gasteiger partial charge >= 0.3 is 0 Å². The topological polar surface area (TPSA) is 130 Å². The van der Waals surface area contributed by atoms with Gasteiger partial charge in [-0.15, -0.1) is 20.5 Å². The van der Waals surface area contributed by atoms with Gasteiger partial charge in [0.2, 0.25) is 0 Å². The molecule has 212 valence electrons. The van der Waals surface area contributed by atoms with Gasteiger partial charge in [-0.1, -0.05) is 83.9 Å². The molecular weight excluding hydrogens is 623 g/mol. The maximum atomic E-state index is 9.97. The second kappa shape index (κ2) is 14.1. The molecular formula is C32H22Cl2N4O4Ti. The largest absolute Gasteiger partial charge is 0.506 e. The molecule has 0 bridgehead atoms. The molecule has 0 saturated heterocycles. The van der Waals surface area contributed by atoms with E-state index in [0.29, 0.717) is 21.4 Å². The number of aromatic hydroxyl groups is 4. The third-order valence-electron chi connectivity index (χ3n) is 6.15. The molecule has 0 unspecified atom stereocenters. The van der Waals surface area contributed by atoms with E-state index >= 15 is 0 Å². The molecule has 4 N–H and O–H groups in total. The number of phenols is 4. The van der Waals surface area contributed by atoms with Gasteiger partial charge in [0.1, 0.15) is 45.7 Å². The van der Waals surface area contributed by atoms with E-state index in [2.05, 4.69) is 20.5 Å². The first-order valence-corrected chi connectivity index (χ1v) is 13.3. The van der Waals surface area contributed by atoms with Gasteiger partial charge in [-0.3, -0.25) is 0 Å². The second-order valence-electron chi connectivity index (χ2n) is 8.97. The Bertz CT molecular complexity index is 1840. The summed E-state index contributed by atoms with van der Waals surface area (Å²) in [5.74, 6) is 0.00342. The first-order chi connectivity index (χ1) is 20.3. The minimum atomic E-state index is -0.0251. The molecule has 0 amide bonds. The second-order valence-corrected chi connectivity index (χ2v) is 9.85. The molecule has 6 aromatic rings. The van der Waals surface area contributed by atoms with Crippen molar-refractivity contribution >= 4 is 67.5 Å². The van der Waals surface area contributed by atoms with Crippen LogP contribution in [0.2, 0.25) is 10.0 Å². The van der Waals surface area contributed by atoms with Crippen molar-refractivity contribution in [1.29, 1.82) is 0 Å². The predicted molar refractivity (Wildman–Crippen MR) is 166 cm³/mol. The molecule has 6 aromatic carbocycles. The summed E-state index contributed by atoms with van der Waals surface area (Å²) in [5.41, 5.74) is 1.20. The van der Waals surface area contributed by atoms with Crippen molar-refractivity contribution in [2.24, 2.45) is 20.5 Å². The standard InChI is InChI=1S/2C16H11ClN2O2.Ti/c2*17-11-6-8-14(20)13(9-11)18-19-16-12-4-2-1-3-10(12)5-7-15(16)21;/h2*1-9,20-21H;. The molecule has 0 aliphatic rings. The van der Waals surface area contributed by atoms with Crippen molar-refractivity contribution in [3.05, 3.63) is 119 Å². The Balaban J connectivity index is 0.000000192. The van der Waals surface area contributed by atoms with Crippen molar-refractivity contribution in [3.63, 3.8) is 0 Å². The summed E-state index contributed by atoms with van der Waals surface area (Å²) in [6, 6.07) is 30.8. The van der Waals surface area contributed by atoms with E-state index in [0.717, 1.165) is 21.5 Å². The third-order valence-corrected chi connectivity index (χ3v) is 6.62. The predicted octanol–water partition coefficient (Wildman–Crippen LogP) is 10.6. The summed E-state index contributed by atoms with van der Waals surface area (Å²) in [6.07, 6.45) is 0. The maximum absolute atomic E-state index is 9.97. The van der Waals surface area contributed by atoms with Crippen LogP contribution in [-0.4, -0.2) is 20.4 Å². The number of hydrogen-bond acceptors (Lipinski definition) is 8. The van der Waals surface area contributed by atoms with Gasteiger partial charge in [0, 0.05) is 42.5 Å². The fraction of sp³-hybridized carbons (Fsp3) is 0. The van der Waals surface area contributed by atoms with E-state index in [9.17, 15) is 20.4 Å². The first kappa shape index (κ1) is 31.5. The van der Waals surface area contributed by atoms with E-state index in [1.165, 1.54) is 24.3 Å². The molecule has 11 heteroatoms. The molecule has 8 nitrogen and oxygen atoms in total. The number of fused-ring (bicyclic) bond motifs is 2. The Labute approximate surface area is 271 Å². The van der Waals surface area contributed by atoms with Crippen molar-refractivity contribution in [1.82, 2.24) is 0 Å². The van der Waals surface area contributed by atoms with Crippen LogP contribution in [0.3, 0.4) is 0 Å². The average Bonchev–Trinajstić information content (AvgIpc) is 2.99. The fourth-order valence-corrected chi connectivity index (χ4v) is 4.39. The number of nitrogens with zero attached hydrogens (tertiary/aromatic N) is 4. The monoisotopic (exact) mass is 644 g/mol. The number of halogens is 2. The van der Waals surface area contributed by atoms with Crippen LogP contribution in [0.1, 0.15) is 0 Å². The van der Waals surface area contributed by atoms with Crippen molar-refractivity contribution < 1.29 is 42.1 Å². The zero-order valence-electron chi connectivity index (χ0n) is 22.2. The Morgan fingerprint density at radius 1 is 0.419 bits per heavy atom. The van der Waals surface area contributed by atoms with Crippen LogP contribution in [0, 0.1) is 0 Å². The van der Waals surface area contributed by atoms with Gasteiger partial charge in [0.25, 0.3) is 0 Å². The van der Waals surface area contributed by atoms with Gasteiger partial charge < -0.3 is 20.4 Å². The molecule has 6 rings (SSSR count). The number of rotatable bonds is 4. The summed E-state index contributed by atoms with van der Waals surface area (Å²) in [7, 11) is 0. The molecule has 0 saturated carbocycles. The Hall–Kier alpha value is -4.47. The van der Waals surface area contributed by atoms with Crippen molar-refractivity contribution in [2.45, 2.75) is 0 Å². The van der Waals surface area contributed by atoms with Gasteiger partial charge in [0.05, 0.1) is 0 Å². The number of hydrogen-bond donors (Lipinski definition) is 4. The summed E-state index contributed by atoms with van der Waals surface area (Å²) in [4.78, 5) is 0. The third kappa shape index (κ3) is 7.49. The fourth-order valence-electron chi connectivity index (χ4n) is 4.06. The van der Waals surface area contributed by atoms with Crippen LogP contribution in [-0.2, 0) is 21.7 Å². The summed E-state index contributed by atoms with van der Waals surface area (Å²) >= 11 is 11.7. The van der Waals surface area contributed by atoms with Crippen LogP contribution < -0.4 is 0 Å². The minimum Gasteiger partial charge on any atom is -0.506 e. The zero-order valence-corrected chi connectivity index (χ0v) is 25.3. The molecule has 0 aromatic heterocycles. The summed E-state index contributed by atoms with van der Waals surface area (Å²) in [5, 5.41) is 59.8. The number of azo groups is 2. The molecule has 0 aliphatic carbocycles. The smallest absolute Gasteiger partial charge is 0.143 e. The van der Waals surface area contributed by atoms with Crippen molar-refractivity contribution in [3.8, 4) is 23.0 Å². The van der Waals surface area contributed by atoms with E-state index in [4.69, 9.17) is 23.2 Å². The Morgan fingerprint density at radius 2 is 0.791 bits per heavy atom. The minimum absolute atomic E-state index is 0. The van der Waals surface area contributed by atoms with E-state index < -0.39 is 0 Å². The van der Waals surface area contributed by atoms with Crippen LogP contribution >= 0.6 is 23.2 Å². The molecule has 43 heavy (non-hydrogen) atoms. The SMILES string of the molecule is Oc1ccc(Cl)cc1N=Nc1c(O)ccc2ccccc12.Oc1ccc(Cl)cc1N=Nc1c(O)ccc2ccccc12.[Ti]. The molecule has 0 spiro atoms. The van der Waals surface area contributed by atoms with Crippen molar-refractivity contribution in [2.75, 3.05) is 0 Å². The zero-order chi connectivity index (χ0) is 29.6. The first-order valence-electron chi connectivity index (χ1n) is 12.5. The van der Waals surface area contributed by atoms with Gasteiger partial charge in [-0.05, 0) is 59.3 Å². The van der Waals surface area contributed by atoms with Crippen LogP contribution in [0.15, 0.2) is 130 Å². The summed E-state index contributed by atoms with van der Waals surface area (Å²) < 4.78 is 0. The Morgan fingerprint density at radius 3 is 1.21 bits per heavy atom. The maximum Gasteiger partial charge on any atom is 0.143 e. The molecule has 0 aliphatic heterocycles. The molecule has 0 radical (unpaired) electrons. The van der Waals surface area contributed by atoms with Gasteiger partial charge in [-0.2, -0.15) is 0 Å². The van der Waals surface area contributed by atoms with Crippen LogP contribution in [0.5, 0.6) is 23.0 Å². The van der Waals surface area contributed by atoms with E-state index in [1.807, 2.05) is 48.5 Å². The molecule has 0 fully saturated rings. The van der Waals surface area contributed by atoms with Gasteiger partial charge in [-0.25, -0.2) is 0 Å². The number of benzene rings is 6. The molecule has 0 atom stereocenters. The van der Waals surface area contributed by atoms with Crippen LogP contribution in [0.25, 0.3) is 21.5 Å².